The molecule has 7 nitrogen and oxygen atoms in total. The van der Waals surface area contributed by atoms with Crippen LogP contribution in [0.5, 0.6) is 0 Å². The molecule has 9 heteroatoms. The first kappa shape index (κ1) is 33.8. The minimum absolute atomic E-state index is 0.00367. The molecular weight excluding hydrogens is 594 g/mol. The van der Waals surface area contributed by atoms with Crippen LogP contribution in [0.2, 0.25) is 0 Å². The monoisotopic (exact) mass is 634 g/mol. The molecule has 1 saturated heterocycles. The van der Waals surface area contributed by atoms with E-state index in [1.54, 1.807) is 0 Å². The Bertz CT molecular complexity index is 1410. The molecular formula is C37H40F2O7. The van der Waals surface area contributed by atoms with Crippen LogP contribution < -0.4 is 0 Å². The van der Waals surface area contributed by atoms with Crippen molar-refractivity contribution in [2.24, 2.45) is 0 Å². The van der Waals surface area contributed by atoms with Crippen molar-refractivity contribution in [3.63, 3.8) is 0 Å². The Balaban J connectivity index is 1.49. The Labute approximate surface area is 268 Å². The van der Waals surface area contributed by atoms with Crippen LogP contribution in [0.1, 0.15) is 22.3 Å². The third kappa shape index (κ3) is 9.04. The Morgan fingerprint density at radius 3 is 1.43 bits per heavy atom. The van der Waals surface area contributed by atoms with Crippen molar-refractivity contribution in [1.29, 1.82) is 0 Å². The number of hydrogen-bond donors (Lipinski definition) is 1. The van der Waals surface area contributed by atoms with Gasteiger partial charge in [0.1, 0.15) is 24.4 Å². The van der Waals surface area contributed by atoms with Crippen molar-refractivity contribution in [1.82, 2.24) is 0 Å². The summed E-state index contributed by atoms with van der Waals surface area (Å²) in [5.74, 6) is -3.88. The van der Waals surface area contributed by atoms with Gasteiger partial charge in [0.05, 0.1) is 33.0 Å². The van der Waals surface area contributed by atoms with Crippen molar-refractivity contribution in [2.45, 2.75) is 69.2 Å². The molecule has 1 fully saturated rings. The van der Waals surface area contributed by atoms with Gasteiger partial charge in [0, 0.05) is 7.11 Å². The van der Waals surface area contributed by atoms with Gasteiger partial charge in [-0.3, -0.25) is 0 Å². The molecule has 1 heterocycles. The van der Waals surface area contributed by atoms with Crippen LogP contribution in [0, 0.1) is 0 Å². The smallest absolute Gasteiger partial charge is 0.325 e. The van der Waals surface area contributed by atoms with Gasteiger partial charge in [-0.25, -0.2) is 0 Å². The molecule has 1 aliphatic heterocycles. The maximum absolute atomic E-state index is 16.0. The molecule has 0 aliphatic carbocycles. The van der Waals surface area contributed by atoms with Crippen LogP contribution in [-0.4, -0.2) is 61.6 Å². The molecule has 0 saturated carbocycles. The second-order valence-electron chi connectivity index (χ2n) is 11.1. The van der Waals surface area contributed by atoms with Gasteiger partial charge in [-0.05, 0) is 22.3 Å². The van der Waals surface area contributed by atoms with Crippen molar-refractivity contribution >= 4 is 0 Å². The average molecular weight is 635 g/mol. The normalized spacial score (nSPS) is 22.4. The molecule has 0 spiro atoms. The highest BCUT2D eigenvalue weighted by Gasteiger charge is 2.60. The van der Waals surface area contributed by atoms with E-state index in [1.165, 1.54) is 0 Å². The third-order valence-corrected chi connectivity index (χ3v) is 7.82. The van der Waals surface area contributed by atoms with Crippen molar-refractivity contribution in [3.05, 3.63) is 144 Å². The largest absolute Gasteiger partial charge is 0.374 e. The van der Waals surface area contributed by atoms with Crippen molar-refractivity contribution in [2.75, 3.05) is 13.7 Å². The molecule has 5 rings (SSSR count). The van der Waals surface area contributed by atoms with Gasteiger partial charge >= 0.3 is 5.92 Å². The number of hydrogen-bond acceptors (Lipinski definition) is 7. The number of aliphatic hydroxyl groups is 1. The van der Waals surface area contributed by atoms with Crippen molar-refractivity contribution < 1.29 is 42.3 Å². The summed E-state index contributed by atoms with van der Waals surface area (Å²) >= 11 is 0. The van der Waals surface area contributed by atoms with Crippen LogP contribution in [0.25, 0.3) is 0 Å². The highest BCUT2D eigenvalue weighted by Crippen LogP contribution is 2.39. The van der Waals surface area contributed by atoms with Crippen LogP contribution in [0.3, 0.4) is 0 Å². The molecule has 0 amide bonds. The van der Waals surface area contributed by atoms with E-state index in [0.29, 0.717) is 0 Å². The lowest BCUT2D eigenvalue weighted by atomic mass is 9.90. The molecule has 4 aromatic carbocycles. The third-order valence-electron chi connectivity index (χ3n) is 7.82. The highest BCUT2D eigenvalue weighted by atomic mass is 19.3. The van der Waals surface area contributed by atoms with Gasteiger partial charge in [-0.15, -0.1) is 0 Å². The minimum Gasteiger partial charge on any atom is -0.374 e. The minimum atomic E-state index is -3.88. The number of aliphatic hydroxyl groups excluding tert-OH is 1. The van der Waals surface area contributed by atoms with E-state index >= 15 is 8.78 Å². The maximum Gasteiger partial charge on any atom is 0.325 e. The Hall–Kier alpha value is -3.54. The van der Waals surface area contributed by atoms with Gasteiger partial charge in [0.15, 0.2) is 6.10 Å². The molecule has 244 valence electrons. The average Bonchev–Trinajstić information content (AvgIpc) is 3.10. The molecule has 4 aromatic rings. The quantitative estimate of drug-likeness (QED) is 0.145. The fraction of sp³-hybridized carbons (Fsp3) is 0.351. The van der Waals surface area contributed by atoms with Gasteiger partial charge < -0.3 is 33.5 Å². The molecule has 1 aliphatic rings. The zero-order valence-corrected chi connectivity index (χ0v) is 25.7. The predicted molar refractivity (Wildman–Crippen MR) is 168 cm³/mol. The van der Waals surface area contributed by atoms with Crippen LogP contribution in [-0.2, 0) is 54.8 Å². The SMILES string of the molecule is COC(O)C(F)(F)[C@@H]1O[C@H](COCc2ccccc2)[C@H](OCc2ccccc2)[C@H](OCc2ccccc2)[C@H]1OCc1ccccc1. The predicted octanol–water partition coefficient (Wildman–Crippen LogP) is 6.33. The van der Waals surface area contributed by atoms with E-state index in [2.05, 4.69) is 0 Å². The van der Waals surface area contributed by atoms with Gasteiger partial charge in [0.2, 0.25) is 6.29 Å². The summed E-state index contributed by atoms with van der Waals surface area (Å²) in [6.07, 6.45) is -8.73. The number of methoxy groups -OCH3 is 1. The van der Waals surface area contributed by atoms with E-state index in [1.807, 2.05) is 121 Å². The number of benzene rings is 4. The van der Waals surface area contributed by atoms with E-state index in [-0.39, 0.29) is 33.0 Å². The first-order chi connectivity index (χ1) is 22.5. The maximum atomic E-state index is 16.0. The van der Waals surface area contributed by atoms with Gasteiger partial charge in [-0.1, -0.05) is 121 Å². The number of ether oxygens (including phenoxy) is 6. The molecule has 1 unspecified atom stereocenters. The summed E-state index contributed by atoms with van der Waals surface area (Å²) in [7, 11) is 1.01. The second kappa shape index (κ2) is 16.9. The summed E-state index contributed by atoms with van der Waals surface area (Å²) in [4.78, 5) is 0. The first-order valence-electron chi connectivity index (χ1n) is 15.3. The summed E-state index contributed by atoms with van der Waals surface area (Å²) in [5, 5.41) is 10.4. The molecule has 6 atom stereocenters. The first-order valence-corrected chi connectivity index (χ1v) is 15.3. The fourth-order valence-corrected chi connectivity index (χ4v) is 5.40. The Morgan fingerprint density at radius 1 is 0.609 bits per heavy atom. The summed E-state index contributed by atoms with van der Waals surface area (Å²) < 4.78 is 68.1. The standard InChI is InChI=1S/C37H40F2O7/c1-41-36(40)37(38,39)35-34(45-25-30-20-12-5-13-21-30)33(44-24-29-18-10-4-11-19-29)32(43-23-28-16-8-3-9-17-28)31(46-35)26-42-22-27-14-6-2-7-15-27/h2-21,31-36,40H,22-26H2,1H3/t31-,32+,33+,34-,35-,36?/m1/s1. The Kier molecular flexibility index (Phi) is 12.4. The Morgan fingerprint density at radius 2 is 1.00 bits per heavy atom. The second-order valence-corrected chi connectivity index (χ2v) is 11.1. The molecule has 0 aromatic heterocycles. The summed E-state index contributed by atoms with van der Waals surface area (Å²) in [6, 6.07) is 37.7. The molecule has 0 radical (unpaired) electrons. The van der Waals surface area contributed by atoms with E-state index in [9.17, 15) is 5.11 Å². The zero-order chi connectivity index (χ0) is 32.2. The number of alkyl halides is 2. The van der Waals surface area contributed by atoms with Crippen LogP contribution >= 0.6 is 0 Å². The zero-order valence-electron chi connectivity index (χ0n) is 25.7. The summed E-state index contributed by atoms with van der Waals surface area (Å²) in [6.45, 7) is 0.418. The molecule has 0 bridgehead atoms. The van der Waals surface area contributed by atoms with Crippen LogP contribution in [0.15, 0.2) is 121 Å². The van der Waals surface area contributed by atoms with Gasteiger partial charge in [0.25, 0.3) is 0 Å². The molecule has 1 N–H and O–H groups in total. The van der Waals surface area contributed by atoms with Crippen molar-refractivity contribution in [3.8, 4) is 0 Å². The molecule has 46 heavy (non-hydrogen) atoms. The van der Waals surface area contributed by atoms with E-state index in [4.69, 9.17) is 28.4 Å². The lowest BCUT2D eigenvalue weighted by molar-refractivity contribution is -0.343. The topological polar surface area (TPSA) is 75.6 Å². The van der Waals surface area contributed by atoms with E-state index < -0.39 is 42.7 Å². The number of rotatable bonds is 16. The number of halogens is 2. The van der Waals surface area contributed by atoms with E-state index in [0.717, 1.165) is 29.4 Å². The fourth-order valence-electron chi connectivity index (χ4n) is 5.40. The summed E-state index contributed by atoms with van der Waals surface area (Å²) in [5.41, 5.74) is 3.42. The lowest BCUT2D eigenvalue weighted by Gasteiger charge is -2.48. The van der Waals surface area contributed by atoms with Crippen LogP contribution in [0.4, 0.5) is 8.78 Å². The highest BCUT2D eigenvalue weighted by molar-refractivity contribution is 5.17. The van der Waals surface area contributed by atoms with Gasteiger partial charge in [-0.2, -0.15) is 8.78 Å². The lowest BCUT2D eigenvalue weighted by Crippen LogP contribution is -2.67.